The molecule has 6 heteroatoms. The minimum Gasteiger partial charge on any atom is -0.316 e. The summed E-state index contributed by atoms with van der Waals surface area (Å²) in [5.41, 5.74) is 0. The Hall–Kier alpha value is -0.170. The van der Waals surface area contributed by atoms with Gasteiger partial charge in [-0.3, -0.25) is 0 Å². The van der Waals surface area contributed by atoms with Gasteiger partial charge >= 0.3 is 0 Å². The smallest absolute Gasteiger partial charge is 0.282 e. The minimum atomic E-state index is -3.23. The normalized spacial score (nSPS) is 33.1. The van der Waals surface area contributed by atoms with Crippen molar-refractivity contribution < 1.29 is 8.42 Å². The van der Waals surface area contributed by atoms with E-state index in [0.717, 1.165) is 25.7 Å². The van der Waals surface area contributed by atoms with Crippen molar-refractivity contribution in [1.82, 2.24) is 13.9 Å². The van der Waals surface area contributed by atoms with Crippen molar-refractivity contribution in [3.05, 3.63) is 0 Å². The number of likely N-dealkylation sites (N-methyl/N-ethyl adjacent to an activating group) is 1. The lowest BCUT2D eigenvalue weighted by molar-refractivity contribution is 0.249. The van der Waals surface area contributed by atoms with Crippen LogP contribution in [0.5, 0.6) is 0 Å². The van der Waals surface area contributed by atoms with Crippen molar-refractivity contribution >= 4 is 10.2 Å². The van der Waals surface area contributed by atoms with E-state index in [0.29, 0.717) is 25.7 Å². The van der Waals surface area contributed by atoms with Gasteiger partial charge in [0.05, 0.1) is 0 Å². The molecule has 2 unspecified atom stereocenters. The van der Waals surface area contributed by atoms with Crippen LogP contribution >= 0.6 is 0 Å². The fourth-order valence-electron chi connectivity index (χ4n) is 2.74. The van der Waals surface area contributed by atoms with Crippen molar-refractivity contribution in [1.29, 1.82) is 0 Å². The van der Waals surface area contributed by atoms with Gasteiger partial charge in [-0.25, -0.2) is 0 Å². The maximum atomic E-state index is 12.5. The molecular weight excluding hydrogens is 238 g/mol. The van der Waals surface area contributed by atoms with Crippen LogP contribution in [0, 0.1) is 0 Å². The SMILES string of the molecule is CNC1CCN(S(=O)(=O)N2CCCCC2C)C1. The molecule has 0 aromatic carbocycles. The number of nitrogens with one attached hydrogen (secondary N) is 1. The van der Waals surface area contributed by atoms with E-state index in [-0.39, 0.29) is 6.04 Å². The summed E-state index contributed by atoms with van der Waals surface area (Å²) in [5.74, 6) is 0. The van der Waals surface area contributed by atoms with E-state index in [1.807, 2.05) is 14.0 Å². The number of rotatable bonds is 3. The maximum absolute atomic E-state index is 12.5. The van der Waals surface area contributed by atoms with Crippen LogP contribution in [0.3, 0.4) is 0 Å². The van der Waals surface area contributed by atoms with Gasteiger partial charge in [0.2, 0.25) is 0 Å². The summed E-state index contributed by atoms with van der Waals surface area (Å²) < 4.78 is 28.3. The molecule has 2 fully saturated rings. The number of hydrogen-bond acceptors (Lipinski definition) is 3. The van der Waals surface area contributed by atoms with Crippen LogP contribution < -0.4 is 5.32 Å². The Labute approximate surface area is 104 Å². The Morgan fingerprint density at radius 1 is 1.18 bits per heavy atom. The van der Waals surface area contributed by atoms with E-state index in [1.165, 1.54) is 0 Å². The van der Waals surface area contributed by atoms with Gasteiger partial charge in [0.15, 0.2) is 0 Å². The van der Waals surface area contributed by atoms with Crippen LogP contribution in [0.1, 0.15) is 32.6 Å². The van der Waals surface area contributed by atoms with Crippen molar-refractivity contribution in [3.63, 3.8) is 0 Å². The van der Waals surface area contributed by atoms with Gasteiger partial charge in [-0.2, -0.15) is 17.0 Å². The molecule has 2 saturated heterocycles. The highest BCUT2D eigenvalue weighted by molar-refractivity contribution is 7.86. The first-order valence-electron chi connectivity index (χ1n) is 6.50. The first-order valence-corrected chi connectivity index (χ1v) is 7.89. The molecule has 2 atom stereocenters. The molecule has 1 N–H and O–H groups in total. The van der Waals surface area contributed by atoms with Gasteiger partial charge in [0, 0.05) is 31.7 Å². The third-order valence-electron chi connectivity index (χ3n) is 3.92. The van der Waals surface area contributed by atoms with E-state index in [9.17, 15) is 8.42 Å². The van der Waals surface area contributed by atoms with Crippen molar-refractivity contribution in [2.45, 2.75) is 44.7 Å². The first kappa shape index (κ1) is 13.3. The molecule has 0 saturated carbocycles. The van der Waals surface area contributed by atoms with Gasteiger partial charge in [-0.15, -0.1) is 0 Å². The molecule has 0 aromatic heterocycles. The van der Waals surface area contributed by atoms with Crippen LogP contribution in [0.15, 0.2) is 0 Å². The summed E-state index contributed by atoms with van der Waals surface area (Å²) in [6.45, 7) is 3.96. The standard InChI is InChI=1S/C11H23N3O2S/c1-10-5-3-4-7-14(10)17(15,16)13-8-6-11(9-13)12-2/h10-12H,3-9H2,1-2H3. The summed E-state index contributed by atoms with van der Waals surface area (Å²) >= 11 is 0. The van der Waals surface area contributed by atoms with Crippen LogP contribution in [0.2, 0.25) is 0 Å². The van der Waals surface area contributed by atoms with Gasteiger partial charge in [-0.1, -0.05) is 6.42 Å². The molecule has 2 heterocycles. The minimum absolute atomic E-state index is 0.155. The molecule has 2 aliphatic rings. The van der Waals surface area contributed by atoms with Crippen molar-refractivity contribution in [2.75, 3.05) is 26.7 Å². The second-order valence-corrected chi connectivity index (χ2v) is 6.98. The molecule has 17 heavy (non-hydrogen) atoms. The maximum Gasteiger partial charge on any atom is 0.282 e. The zero-order valence-electron chi connectivity index (χ0n) is 10.7. The van der Waals surface area contributed by atoms with Gasteiger partial charge in [-0.05, 0) is 33.2 Å². The highest BCUT2D eigenvalue weighted by Crippen LogP contribution is 2.24. The Kier molecular flexibility index (Phi) is 4.07. The molecule has 100 valence electrons. The summed E-state index contributed by atoms with van der Waals surface area (Å²) in [4.78, 5) is 0. The zero-order valence-corrected chi connectivity index (χ0v) is 11.5. The van der Waals surface area contributed by atoms with Crippen LogP contribution in [-0.2, 0) is 10.2 Å². The molecule has 2 aliphatic heterocycles. The Balaban J connectivity index is 2.08. The Morgan fingerprint density at radius 3 is 2.53 bits per heavy atom. The first-order chi connectivity index (χ1) is 8.05. The lowest BCUT2D eigenvalue weighted by atomic mass is 10.1. The molecule has 2 rings (SSSR count). The molecule has 0 aromatic rings. The quantitative estimate of drug-likeness (QED) is 0.800. The lowest BCUT2D eigenvalue weighted by Crippen LogP contribution is -2.49. The highest BCUT2D eigenvalue weighted by Gasteiger charge is 2.37. The summed E-state index contributed by atoms with van der Waals surface area (Å²) in [7, 11) is -1.33. The number of piperidine rings is 1. The van der Waals surface area contributed by atoms with Crippen LogP contribution in [-0.4, -0.2) is 55.8 Å². The predicted octanol–water partition coefficient (Wildman–Crippen LogP) is 0.399. The van der Waals surface area contributed by atoms with E-state index >= 15 is 0 Å². The Morgan fingerprint density at radius 2 is 1.94 bits per heavy atom. The van der Waals surface area contributed by atoms with Crippen LogP contribution in [0.4, 0.5) is 0 Å². The fourth-order valence-corrected chi connectivity index (χ4v) is 4.66. The van der Waals surface area contributed by atoms with E-state index < -0.39 is 10.2 Å². The average Bonchev–Trinajstić information content (AvgIpc) is 2.78. The molecular formula is C11H23N3O2S. The topological polar surface area (TPSA) is 52.7 Å². The Bertz CT molecular complexity index is 358. The highest BCUT2D eigenvalue weighted by atomic mass is 32.2. The molecule has 0 aliphatic carbocycles. The molecule has 0 bridgehead atoms. The second-order valence-electron chi connectivity index (χ2n) is 5.10. The average molecular weight is 261 g/mol. The number of hydrogen-bond donors (Lipinski definition) is 1. The predicted molar refractivity (Wildman–Crippen MR) is 68.0 cm³/mol. The summed E-state index contributed by atoms with van der Waals surface area (Å²) in [5, 5.41) is 3.16. The second kappa shape index (κ2) is 5.22. The lowest BCUT2D eigenvalue weighted by Gasteiger charge is -2.35. The molecule has 0 radical (unpaired) electrons. The third kappa shape index (κ3) is 2.65. The van der Waals surface area contributed by atoms with Gasteiger partial charge in [0.1, 0.15) is 0 Å². The van der Waals surface area contributed by atoms with E-state index in [2.05, 4.69) is 5.32 Å². The third-order valence-corrected chi connectivity index (χ3v) is 6.04. The van der Waals surface area contributed by atoms with E-state index in [4.69, 9.17) is 0 Å². The molecule has 5 nitrogen and oxygen atoms in total. The monoisotopic (exact) mass is 261 g/mol. The fraction of sp³-hybridized carbons (Fsp3) is 1.00. The van der Waals surface area contributed by atoms with Crippen LogP contribution in [0.25, 0.3) is 0 Å². The largest absolute Gasteiger partial charge is 0.316 e. The number of nitrogens with zero attached hydrogens (tertiary/aromatic N) is 2. The summed E-state index contributed by atoms with van der Waals surface area (Å²) in [6.07, 6.45) is 4.04. The van der Waals surface area contributed by atoms with Gasteiger partial charge < -0.3 is 5.32 Å². The van der Waals surface area contributed by atoms with E-state index in [1.54, 1.807) is 8.61 Å². The zero-order chi connectivity index (χ0) is 12.5. The van der Waals surface area contributed by atoms with Gasteiger partial charge in [0.25, 0.3) is 10.2 Å². The van der Waals surface area contributed by atoms with Crippen molar-refractivity contribution in [3.8, 4) is 0 Å². The van der Waals surface area contributed by atoms with Crippen molar-refractivity contribution in [2.24, 2.45) is 0 Å². The molecule has 0 spiro atoms. The summed E-state index contributed by atoms with van der Waals surface area (Å²) in [6, 6.07) is 0.465. The molecule has 0 amide bonds.